The minimum Gasteiger partial charge on any atom is -0.379 e. The first-order valence-corrected chi connectivity index (χ1v) is 13.2. The van der Waals surface area contributed by atoms with Gasteiger partial charge in [0.05, 0.1) is 13.2 Å². The average Bonchev–Trinajstić information content (AvgIpc) is 3.31. The van der Waals surface area contributed by atoms with Crippen molar-refractivity contribution in [2.45, 2.75) is 50.2 Å². The third-order valence-corrected chi connectivity index (χ3v) is 8.62. The number of carbonyl (C=O) groups is 1. The molecule has 2 aromatic heterocycles. The zero-order valence-electron chi connectivity index (χ0n) is 22.0. The third kappa shape index (κ3) is 5.05. The summed E-state index contributed by atoms with van der Waals surface area (Å²) in [5.41, 5.74) is 0.582. The fourth-order valence-electron chi connectivity index (χ4n) is 5.76. The Hall–Kier alpha value is -3.31. The van der Waals surface area contributed by atoms with Gasteiger partial charge in [0.15, 0.2) is 0 Å². The van der Waals surface area contributed by atoms with Crippen molar-refractivity contribution >= 4 is 11.6 Å². The van der Waals surface area contributed by atoms with Crippen LogP contribution in [-0.2, 0) is 29.8 Å². The number of aryl methyl sites for hydroxylation is 1. The van der Waals surface area contributed by atoms with Crippen molar-refractivity contribution in [2.75, 3.05) is 31.6 Å². The molecule has 206 valence electrons. The lowest BCUT2D eigenvalue weighted by molar-refractivity contribution is -0.141. The van der Waals surface area contributed by atoms with Crippen LogP contribution in [0.25, 0.3) is 0 Å². The van der Waals surface area contributed by atoms with Gasteiger partial charge in [0, 0.05) is 37.2 Å². The smallest absolute Gasteiger partial charge is 0.379 e. The van der Waals surface area contributed by atoms with Gasteiger partial charge in [0.25, 0.3) is 5.91 Å². The standard InChI is InChI=1S/C28H31F3N6O2/c1-18(37-9-8-26(14-37)6-7-26)19-10-22(34-23(11-19)28(29,30)31)25(38)33-21-5-3-4-20(12-21)27(15-39-16-27)13-24-35-32-17-36(24)2/h3-5,10-12,17-18H,6-9,13-16H2,1-2H3,(H,33,38)/t18-/m1/s1. The molecule has 1 spiro atoms. The number of nitrogens with one attached hydrogen (secondary N) is 1. The lowest BCUT2D eigenvalue weighted by Crippen LogP contribution is -2.49. The Morgan fingerprint density at radius 2 is 1.97 bits per heavy atom. The Bertz CT molecular complexity index is 1400. The van der Waals surface area contributed by atoms with Crippen molar-refractivity contribution in [3.63, 3.8) is 0 Å². The van der Waals surface area contributed by atoms with Crippen LogP contribution in [-0.4, -0.2) is 56.9 Å². The molecule has 0 radical (unpaired) electrons. The second-order valence-corrected chi connectivity index (χ2v) is 11.4. The van der Waals surface area contributed by atoms with Crippen LogP contribution in [0.4, 0.5) is 18.9 Å². The number of hydrogen-bond acceptors (Lipinski definition) is 6. The first-order chi connectivity index (χ1) is 18.6. The molecule has 6 rings (SSSR count). The van der Waals surface area contributed by atoms with E-state index in [0.29, 0.717) is 36.3 Å². The highest BCUT2D eigenvalue weighted by molar-refractivity contribution is 6.03. The van der Waals surface area contributed by atoms with Crippen molar-refractivity contribution in [3.05, 3.63) is 71.1 Å². The fourth-order valence-corrected chi connectivity index (χ4v) is 5.76. The van der Waals surface area contributed by atoms with E-state index in [4.69, 9.17) is 4.74 Å². The van der Waals surface area contributed by atoms with Gasteiger partial charge >= 0.3 is 6.18 Å². The number of alkyl halides is 3. The molecule has 1 N–H and O–H groups in total. The molecule has 8 nitrogen and oxygen atoms in total. The second-order valence-electron chi connectivity index (χ2n) is 11.4. The molecule has 2 aliphatic heterocycles. The van der Waals surface area contributed by atoms with Crippen LogP contribution in [0.5, 0.6) is 0 Å². The number of benzene rings is 1. The Morgan fingerprint density at radius 3 is 2.59 bits per heavy atom. The normalized spacial score (nSPS) is 20.5. The predicted molar refractivity (Wildman–Crippen MR) is 137 cm³/mol. The minimum atomic E-state index is -4.66. The van der Waals surface area contributed by atoms with E-state index in [9.17, 15) is 18.0 Å². The van der Waals surface area contributed by atoms with Gasteiger partial charge in [-0.15, -0.1) is 10.2 Å². The summed E-state index contributed by atoms with van der Waals surface area (Å²) in [5, 5.41) is 10.9. The average molecular weight is 541 g/mol. The number of hydrogen-bond donors (Lipinski definition) is 1. The molecule has 3 aliphatic rings. The Balaban J connectivity index is 1.24. The maximum Gasteiger partial charge on any atom is 0.433 e. The van der Waals surface area contributed by atoms with Gasteiger partial charge in [0.1, 0.15) is 23.5 Å². The molecule has 0 unspecified atom stereocenters. The van der Waals surface area contributed by atoms with E-state index in [1.807, 2.05) is 36.7 Å². The van der Waals surface area contributed by atoms with Gasteiger partial charge in [-0.25, -0.2) is 4.98 Å². The first kappa shape index (κ1) is 25.9. The summed E-state index contributed by atoms with van der Waals surface area (Å²) in [6.45, 7) is 4.61. The molecule has 39 heavy (non-hydrogen) atoms. The topological polar surface area (TPSA) is 85.2 Å². The van der Waals surface area contributed by atoms with Gasteiger partial charge in [-0.3, -0.25) is 9.69 Å². The largest absolute Gasteiger partial charge is 0.433 e. The minimum absolute atomic E-state index is 0.247. The summed E-state index contributed by atoms with van der Waals surface area (Å²) >= 11 is 0. The quantitative estimate of drug-likeness (QED) is 0.474. The Labute approximate surface area is 224 Å². The molecule has 3 fully saturated rings. The van der Waals surface area contributed by atoms with Crippen LogP contribution >= 0.6 is 0 Å². The molecule has 2 saturated heterocycles. The monoisotopic (exact) mass is 540 g/mol. The molecule has 3 aromatic rings. The van der Waals surface area contributed by atoms with E-state index in [1.165, 1.54) is 18.9 Å². The van der Waals surface area contributed by atoms with Gasteiger partial charge in [0.2, 0.25) is 0 Å². The summed E-state index contributed by atoms with van der Waals surface area (Å²) in [5.74, 6) is 0.132. The number of carbonyl (C=O) groups excluding carboxylic acids is 1. The number of pyridine rings is 1. The molecule has 1 atom stereocenters. The Kier molecular flexibility index (Phi) is 6.26. The summed E-state index contributed by atoms with van der Waals surface area (Å²) in [6.07, 6.45) is 1.02. The van der Waals surface area contributed by atoms with Crippen molar-refractivity contribution in [3.8, 4) is 0 Å². The van der Waals surface area contributed by atoms with E-state index in [0.717, 1.165) is 37.0 Å². The van der Waals surface area contributed by atoms with Crippen molar-refractivity contribution in [1.29, 1.82) is 0 Å². The fraction of sp³-hybridized carbons (Fsp3) is 0.500. The summed E-state index contributed by atoms with van der Waals surface area (Å²) in [4.78, 5) is 19.2. The highest BCUT2D eigenvalue weighted by atomic mass is 19.4. The van der Waals surface area contributed by atoms with Crippen LogP contribution in [0.3, 0.4) is 0 Å². The van der Waals surface area contributed by atoms with Crippen LogP contribution in [0.1, 0.15) is 65.4 Å². The van der Waals surface area contributed by atoms with Crippen molar-refractivity contribution in [1.82, 2.24) is 24.6 Å². The van der Waals surface area contributed by atoms with Crippen molar-refractivity contribution in [2.24, 2.45) is 12.5 Å². The summed E-state index contributed by atoms with van der Waals surface area (Å²) in [7, 11) is 1.88. The molecule has 4 heterocycles. The van der Waals surface area contributed by atoms with E-state index in [-0.39, 0.29) is 17.2 Å². The molecule has 1 aliphatic carbocycles. The van der Waals surface area contributed by atoms with Gasteiger partial charge in [-0.1, -0.05) is 12.1 Å². The lowest BCUT2D eigenvalue weighted by Gasteiger charge is -2.41. The van der Waals surface area contributed by atoms with Crippen LogP contribution < -0.4 is 5.32 Å². The molecule has 11 heteroatoms. The van der Waals surface area contributed by atoms with E-state index in [2.05, 4.69) is 25.4 Å². The van der Waals surface area contributed by atoms with Crippen LogP contribution in [0, 0.1) is 5.41 Å². The number of amides is 1. The third-order valence-electron chi connectivity index (χ3n) is 8.62. The van der Waals surface area contributed by atoms with Crippen LogP contribution in [0.15, 0.2) is 42.7 Å². The number of likely N-dealkylation sites (tertiary alicyclic amines) is 1. The van der Waals surface area contributed by atoms with E-state index >= 15 is 0 Å². The van der Waals surface area contributed by atoms with Gasteiger partial charge in [-0.2, -0.15) is 13.2 Å². The number of aromatic nitrogens is 4. The molecular weight excluding hydrogens is 509 g/mol. The highest BCUT2D eigenvalue weighted by Gasteiger charge is 2.48. The molecular formula is C28H31F3N6O2. The van der Waals surface area contributed by atoms with Gasteiger partial charge in [-0.05, 0) is 73.5 Å². The molecule has 1 aromatic carbocycles. The SMILES string of the molecule is C[C@H](c1cc(C(=O)Nc2cccc(C3(Cc4nncn4C)COC3)c2)nc(C(F)(F)F)c1)N1CCC2(CC2)C1. The number of ether oxygens (including phenoxy) is 1. The summed E-state index contributed by atoms with van der Waals surface area (Å²) < 4.78 is 48.8. The predicted octanol–water partition coefficient (Wildman–Crippen LogP) is 4.54. The number of rotatable bonds is 7. The second kappa shape index (κ2) is 9.41. The molecule has 1 amide bonds. The number of halogens is 3. The zero-order valence-corrected chi connectivity index (χ0v) is 22.0. The lowest BCUT2D eigenvalue weighted by atomic mass is 9.75. The van der Waals surface area contributed by atoms with Crippen LogP contribution in [0.2, 0.25) is 0 Å². The van der Waals surface area contributed by atoms with Crippen molar-refractivity contribution < 1.29 is 22.7 Å². The molecule has 1 saturated carbocycles. The van der Waals surface area contributed by atoms with E-state index in [1.54, 1.807) is 12.4 Å². The highest BCUT2D eigenvalue weighted by Crippen LogP contribution is 2.54. The Morgan fingerprint density at radius 1 is 1.18 bits per heavy atom. The zero-order chi connectivity index (χ0) is 27.4. The van der Waals surface area contributed by atoms with Gasteiger partial charge < -0.3 is 14.6 Å². The summed E-state index contributed by atoms with van der Waals surface area (Å²) in [6, 6.07) is 9.65. The maximum absolute atomic E-state index is 13.8. The van der Waals surface area contributed by atoms with E-state index < -0.39 is 17.8 Å². The number of nitrogens with zero attached hydrogens (tertiary/aromatic N) is 5. The first-order valence-electron chi connectivity index (χ1n) is 13.2. The molecule has 0 bridgehead atoms. The number of anilines is 1. The maximum atomic E-state index is 13.8.